The zero-order valence-electron chi connectivity index (χ0n) is 17.1. The summed E-state index contributed by atoms with van der Waals surface area (Å²) in [7, 11) is 0. The molecule has 29 heavy (non-hydrogen) atoms. The van der Waals surface area contributed by atoms with Crippen LogP contribution in [0, 0.1) is 0 Å². The number of likely N-dealkylation sites (N-methyl/N-ethyl adjacent to an activating group) is 1. The van der Waals surface area contributed by atoms with E-state index in [0.717, 1.165) is 37.1 Å². The van der Waals surface area contributed by atoms with Gasteiger partial charge in [-0.2, -0.15) is 0 Å². The zero-order valence-corrected chi connectivity index (χ0v) is 17.1. The second-order valence-corrected chi connectivity index (χ2v) is 7.47. The van der Waals surface area contributed by atoms with Gasteiger partial charge in [0.25, 0.3) is 11.5 Å². The highest BCUT2D eigenvalue weighted by Gasteiger charge is 2.18. The minimum atomic E-state index is -0.608. The summed E-state index contributed by atoms with van der Waals surface area (Å²) in [5, 5.41) is 0.488. The summed E-state index contributed by atoms with van der Waals surface area (Å²) in [6.07, 6.45) is 3.80. The predicted octanol–water partition coefficient (Wildman–Crippen LogP) is 2.70. The van der Waals surface area contributed by atoms with Crippen molar-refractivity contribution in [1.82, 2.24) is 14.5 Å². The van der Waals surface area contributed by atoms with Gasteiger partial charge in [0.2, 0.25) is 0 Å². The fourth-order valence-electron chi connectivity index (χ4n) is 3.55. The van der Waals surface area contributed by atoms with E-state index in [1.807, 2.05) is 13.8 Å². The number of carbonyl (C=O) groups excluding carboxylic acids is 2. The molecule has 0 saturated heterocycles. The molecule has 0 spiro atoms. The maximum atomic E-state index is 12.8. The standard InChI is InChI=1S/C22H27N3O4/c1-4-24(13-15(2)3)20(26)14-29-22(28)16-9-10-17-18(12-16)23-19-8-6-5-7-11-25(19)21(17)27/h9-10,12H,2,4-8,11,13-14H2,1,3H3. The Morgan fingerprint density at radius 3 is 2.79 bits per heavy atom. The number of esters is 1. The molecule has 0 bridgehead atoms. The number of aryl methyl sites for hydroxylation is 1. The second-order valence-electron chi connectivity index (χ2n) is 7.47. The van der Waals surface area contributed by atoms with Crippen molar-refractivity contribution in [1.29, 1.82) is 0 Å². The van der Waals surface area contributed by atoms with Crippen molar-refractivity contribution in [3.63, 3.8) is 0 Å². The van der Waals surface area contributed by atoms with E-state index in [1.165, 1.54) is 0 Å². The largest absolute Gasteiger partial charge is 0.452 e. The number of nitrogens with zero attached hydrogens (tertiary/aromatic N) is 3. The number of hydrogen-bond acceptors (Lipinski definition) is 5. The minimum Gasteiger partial charge on any atom is -0.452 e. The van der Waals surface area contributed by atoms with Gasteiger partial charge in [0.1, 0.15) is 5.82 Å². The van der Waals surface area contributed by atoms with Gasteiger partial charge in [0.15, 0.2) is 6.61 Å². The third-order valence-electron chi connectivity index (χ3n) is 5.07. The number of carbonyl (C=O) groups is 2. The minimum absolute atomic E-state index is 0.0691. The van der Waals surface area contributed by atoms with E-state index >= 15 is 0 Å². The smallest absolute Gasteiger partial charge is 0.338 e. The number of benzene rings is 1. The van der Waals surface area contributed by atoms with Gasteiger partial charge in [-0.1, -0.05) is 18.6 Å². The molecular formula is C22H27N3O4. The van der Waals surface area contributed by atoms with Gasteiger partial charge in [-0.15, -0.1) is 0 Å². The van der Waals surface area contributed by atoms with Crippen LogP contribution in [0.4, 0.5) is 0 Å². The lowest BCUT2D eigenvalue weighted by Gasteiger charge is -2.20. The highest BCUT2D eigenvalue weighted by Crippen LogP contribution is 2.17. The van der Waals surface area contributed by atoms with Gasteiger partial charge in [0.05, 0.1) is 16.5 Å². The molecule has 0 fully saturated rings. The van der Waals surface area contributed by atoms with Crippen LogP contribution >= 0.6 is 0 Å². The Labute approximate surface area is 170 Å². The fourth-order valence-corrected chi connectivity index (χ4v) is 3.55. The summed E-state index contributed by atoms with van der Waals surface area (Å²) in [6.45, 7) is 8.80. The molecule has 1 aromatic carbocycles. The van der Waals surface area contributed by atoms with E-state index < -0.39 is 5.97 Å². The van der Waals surface area contributed by atoms with Crippen molar-refractivity contribution in [3.05, 3.63) is 52.1 Å². The van der Waals surface area contributed by atoms with Crippen LogP contribution in [0.5, 0.6) is 0 Å². The average molecular weight is 397 g/mol. The van der Waals surface area contributed by atoms with Gasteiger partial charge in [-0.3, -0.25) is 14.2 Å². The van der Waals surface area contributed by atoms with Gasteiger partial charge in [-0.25, -0.2) is 9.78 Å². The van der Waals surface area contributed by atoms with Crippen molar-refractivity contribution in [3.8, 4) is 0 Å². The van der Waals surface area contributed by atoms with E-state index in [4.69, 9.17) is 4.74 Å². The maximum absolute atomic E-state index is 12.8. The molecule has 3 rings (SSSR count). The lowest BCUT2D eigenvalue weighted by Crippen LogP contribution is -2.35. The third kappa shape index (κ3) is 4.72. The summed E-state index contributed by atoms with van der Waals surface area (Å²) >= 11 is 0. The zero-order chi connectivity index (χ0) is 21.0. The summed E-state index contributed by atoms with van der Waals surface area (Å²) in [4.78, 5) is 43.6. The van der Waals surface area contributed by atoms with Crippen LogP contribution in [0.3, 0.4) is 0 Å². The van der Waals surface area contributed by atoms with E-state index in [-0.39, 0.29) is 23.6 Å². The first-order valence-electron chi connectivity index (χ1n) is 10.0. The van der Waals surface area contributed by atoms with Crippen molar-refractivity contribution in [2.24, 2.45) is 0 Å². The van der Waals surface area contributed by atoms with Crippen molar-refractivity contribution < 1.29 is 14.3 Å². The van der Waals surface area contributed by atoms with Crippen LogP contribution in [0.1, 0.15) is 49.3 Å². The Morgan fingerprint density at radius 1 is 1.28 bits per heavy atom. The molecule has 7 heteroatoms. The Bertz CT molecular complexity index is 1010. The lowest BCUT2D eigenvalue weighted by molar-refractivity contribution is -0.133. The Kier molecular flexibility index (Phi) is 6.46. The van der Waals surface area contributed by atoms with Gasteiger partial charge in [0, 0.05) is 26.1 Å². The molecule has 0 unspecified atom stereocenters. The topological polar surface area (TPSA) is 81.5 Å². The van der Waals surface area contributed by atoms with E-state index in [9.17, 15) is 14.4 Å². The van der Waals surface area contributed by atoms with Crippen LogP contribution in [0.2, 0.25) is 0 Å². The molecule has 1 aliphatic heterocycles. The number of fused-ring (bicyclic) bond motifs is 2. The SMILES string of the molecule is C=C(C)CN(CC)C(=O)COC(=O)c1ccc2c(=O)n3c(nc2c1)CCCCC3. The predicted molar refractivity (Wildman–Crippen MR) is 111 cm³/mol. The fraction of sp³-hybridized carbons (Fsp3) is 0.455. The molecule has 2 aromatic rings. The van der Waals surface area contributed by atoms with E-state index in [2.05, 4.69) is 11.6 Å². The molecule has 0 N–H and O–H groups in total. The number of aromatic nitrogens is 2. The van der Waals surface area contributed by atoms with Crippen molar-refractivity contribution in [2.75, 3.05) is 19.7 Å². The molecule has 0 saturated carbocycles. The van der Waals surface area contributed by atoms with Crippen LogP contribution < -0.4 is 5.56 Å². The number of amides is 1. The van der Waals surface area contributed by atoms with Gasteiger partial charge in [-0.05, 0) is 44.9 Å². The molecule has 1 amide bonds. The molecule has 0 atom stereocenters. The Morgan fingerprint density at radius 2 is 2.07 bits per heavy atom. The van der Waals surface area contributed by atoms with Crippen LogP contribution in [0.25, 0.3) is 10.9 Å². The number of hydrogen-bond donors (Lipinski definition) is 0. The molecule has 0 radical (unpaired) electrons. The normalized spacial score (nSPS) is 13.4. The summed E-state index contributed by atoms with van der Waals surface area (Å²) in [5.74, 6) is -0.117. The van der Waals surface area contributed by atoms with Crippen LogP contribution in [-0.2, 0) is 22.5 Å². The average Bonchev–Trinajstić information content (AvgIpc) is 2.95. The molecule has 1 aliphatic rings. The molecule has 154 valence electrons. The van der Waals surface area contributed by atoms with Gasteiger partial charge >= 0.3 is 5.97 Å². The Balaban J connectivity index is 1.77. The van der Waals surface area contributed by atoms with Crippen molar-refractivity contribution >= 4 is 22.8 Å². The van der Waals surface area contributed by atoms with Crippen LogP contribution in [0.15, 0.2) is 35.1 Å². The van der Waals surface area contributed by atoms with Crippen molar-refractivity contribution in [2.45, 2.75) is 46.1 Å². The molecule has 7 nitrogen and oxygen atoms in total. The molecule has 0 aliphatic carbocycles. The maximum Gasteiger partial charge on any atom is 0.338 e. The molecule has 1 aromatic heterocycles. The van der Waals surface area contributed by atoms with Crippen LogP contribution in [-0.4, -0.2) is 46.0 Å². The number of ether oxygens (including phenoxy) is 1. The second kappa shape index (κ2) is 9.03. The first-order valence-corrected chi connectivity index (χ1v) is 10.0. The van der Waals surface area contributed by atoms with E-state index in [0.29, 0.717) is 30.5 Å². The summed E-state index contributed by atoms with van der Waals surface area (Å²) in [5.41, 5.74) is 1.55. The Hall–Kier alpha value is -2.96. The first kappa shape index (κ1) is 20.8. The third-order valence-corrected chi connectivity index (χ3v) is 5.07. The summed E-state index contributed by atoms with van der Waals surface area (Å²) in [6, 6.07) is 4.73. The molecular weight excluding hydrogens is 370 g/mol. The van der Waals surface area contributed by atoms with Gasteiger partial charge < -0.3 is 9.64 Å². The lowest BCUT2D eigenvalue weighted by atomic mass is 10.1. The number of rotatable bonds is 6. The highest BCUT2D eigenvalue weighted by atomic mass is 16.5. The quantitative estimate of drug-likeness (QED) is 0.553. The molecule has 2 heterocycles. The first-order chi connectivity index (χ1) is 13.9. The van der Waals surface area contributed by atoms with E-state index in [1.54, 1.807) is 27.7 Å². The monoisotopic (exact) mass is 397 g/mol. The summed E-state index contributed by atoms with van der Waals surface area (Å²) < 4.78 is 6.94. The highest BCUT2D eigenvalue weighted by molar-refractivity contribution is 5.95.